The minimum atomic E-state index is 0. The molecule has 0 aliphatic heterocycles. The van der Waals surface area contributed by atoms with Gasteiger partial charge in [-0.2, -0.15) is 0 Å². The molecule has 2 N–H and O–H groups in total. The van der Waals surface area contributed by atoms with Gasteiger partial charge in [0, 0.05) is 92.6 Å². The van der Waals surface area contributed by atoms with Crippen LogP contribution in [0.2, 0.25) is 0 Å². The monoisotopic (exact) mass is 560 g/mol. The van der Waals surface area contributed by atoms with Crippen molar-refractivity contribution in [2.45, 2.75) is 0 Å². The molecule has 0 atom stereocenters. The second-order valence-corrected chi connectivity index (χ2v) is 0. The third-order valence-electron chi connectivity index (χ3n) is 0. The van der Waals surface area contributed by atoms with E-state index in [4.69, 9.17) is 0 Å². The van der Waals surface area contributed by atoms with E-state index in [1.807, 2.05) is 0 Å². The Balaban J connectivity index is 0. The van der Waals surface area contributed by atoms with E-state index in [0.717, 1.165) is 0 Å². The Hall–Kier alpha value is 5.83. The van der Waals surface area contributed by atoms with Crippen molar-refractivity contribution in [3.63, 3.8) is 0 Å². The van der Waals surface area contributed by atoms with Crippen molar-refractivity contribution in [3.05, 3.63) is 0 Å². The molecular weight excluding hydrogens is 553 g/mol. The van der Waals surface area contributed by atoms with Crippen LogP contribution in [0.3, 0.4) is 0 Å². The first-order valence-corrected chi connectivity index (χ1v) is 0. The van der Waals surface area contributed by atoms with Crippen LogP contribution in [0.5, 0.6) is 0 Å². The van der Waals surface area contributed by atoms with Gasteiger partial charge in [-0.05, 0) is 0 Å². The molecule has 0 bridgehead atoms. The standard InChI is InChI=1S/Ba.Ca.Cu.Gd.La.H2O.4H/h;;;;;1H2;;;;. The maximum absolute atomic E-state index is 0. The quantitative estimate of drug-likeness (QED) is 0.291. The fourth-order valence-electron chi connectivity index (χ4n) is 0. The first-order chi connectivity index (χ1) is 0. The molecular formula is H6BaCaCuGdLaO. The van der Waals surface area contributed by atoms with E-state index in [9.17, 15) is 0 Å². The van der Waals surface area contributed by atoms with E-state index >= 15 is 0 Å². The predicted molar refractivity (Wildman–Crippen MR) is 20.7 cm³/mol. The minimum absolute atomic E-state index is 0. The van der Waals surface area contributed by atoms with Crippen LogP contribution < -0.4 is 0 Å². The second kappa shape index (κ2) is 30.8. The van der Waals surface area contributed by atoms with E-state index in [1.54, 1.807) is 0 Å². The SMILES string of the molecule is O.[BaH2].[CaH2].[Cu].[Gd].[La]. The summed E-state index contributed by atoms with van der Waals surface area (Å²) in [6, 6.07) is 0. The first-order valence-electron chi connectivity index (χ1n) is 0. The fourth-order valence-corrected chi connectivity index (χ4v) is 0. The molecule has 0 saturated heterocycles. The number of hydrogen-bond donors (Lipinski definition) is 0. The van der Waals surface area contributed by atoms with Crippen LogP contribution >= 0.6 is 0 Å². The Morgan fingerprint density at radius 1 is 1.00 bits per heavy atom. The Labute approximate surface area is 178 Å². The van der Waals surface area contributed by atoms with E-state index in [-0.39, 0.29) is 185 Å². The Bertz CT molecular complexity index is 15.5. The average Bonchev–Trinajstić information content (AvgIpc) is 0. The maximum atomic E-state index is 0. The van der Waals surface area contributed by atoms with Crippen LogP contribution in [0.25, 0.3) is 0 Å². The molecule has 1 nitrogen and oxygen atoms in total. The first kappa shape index (κ1) is 40.8. The Kier molecular flexibility index (Phi) is 209. The second-order valence-electron chi connectivity index (χ2n) is 0. The van der Waals surface area contributed by atoms with Crippen LogP contribution in [0.4, 0.5) is 0 Å². The van der Waals surface area contributed by atoms with E-state index in [2.05, 4.69) is 0 Å². The summed E-state index contributed by atoms with van der Waals surface area (Å²) in [5, 5.41) is 0. The van der Waals surface area contributed by atoms with Gasteiger partial charge in [0.15, 0.2) is 0 Å². The van der Waals surface area contributed by atoms with E-state index in [1.165, 1.54) is 0 Å². The Morgan fingerprint density at radius 3 is 1.00 bits per heavy atom. The van der Waals surface area contributed by atoms with Crippen molar-refractivity contribution >= 4 is 86.6 Å². The largest absolute Gasteiger partial charge is 0 e. The normalized spacial score (nSPS) is 0. The fraction of sp³-hybridized carbons (Fsp3) is 0. The summed E-state index contributed by atoms with van der Waals surface area (Å²) in [5.41, 5.74) is 0. The third kappa shape index (κ3) is 22.5. The van der Waals surface area contributed by atoms with Gasteiger partial charge in [-0.1, -0.05) is 0 Å². The topological polar surface area (TPSA) is 31.5 Å². The van der Waals surface area contributed by atoms with Crippen LogP contribution in [0.15, 0.2) is 0 Å². The molecule has 0 aromatic heterocycles. The van der Waals surface area contributed by atoms with Crippen molar-refractivity contribution in [2.24, 2.45) is 0 Å². The van der Waals surface area contributed by atoms with Gasteiger partial charge >= 0.3 is 86.6 Å². The van der Waals surface area contributed by atoms with Gasteiger partial charge in [0.2, 0.25) is 0 Å². The van der Waals surface area contributed by atoms with Gasteiger partial charge in [0.05, 0.1) is 0 Å². The third-order valence-corrected chi connectivity index (χ3v) is 0. The summed E-state index contributed by atoms with van der Waals surface area (Å²) in [7, 11) is 0. The van der Waals surface area contributed by atoms with Crippen molar-refractivity contribution in [1.82, 2.24) is 0 Å². The molecule has 2 radical (unpaired) electrons. The zero-order chi connectivity index (χ0) is 0. The molecule has 38 valence electrons. The molecule has 0 unspecified atom stereocenters. The molecule has 0 spiro atoms. The molecule has 0 aliphatic rings. The van der Waals surface area contributed by atoms with Gasteiger partial charge in [-0.25, -0.2) is 0 Å². The van der Waals surface area contributed by atoms with Crippen molar-refractivity contribution in [3.8, 4) is 0 Å². The van der Waals surface area contributed by atoms with Crippen molar-refractivity contribution < 1.29 is 98.1 Å². The van der Waals surface area contributed by atoms with Crippen molar-refractivity contribution in [1.29, 1.82) is 0 Å². The zero-order valence-electron chi connectivity index (χ0n) is 1.73. The van der Waals surface area contributed by atoms with Crippen LogP contribution in [-0.2, 0) is 17.1 Å². The van der Waals surface area contributed by atoms with Gasteiger partial charge in [-0.3, -0.25) is 0 Å². The Morgan fingerprint density at radius 2 is 1.00 bits per heavy atom. The summed E-state index contributed by atoms with van der Waals surface area (Å²) in [4.78, 5) is 0. The summed E-state index contributed by atoms with van der Waals surface area (Å²) >= 11 is 0. The minimum Gasteiger partial charge on any atom is 0 e. The molecule has 0 saturated carbocycles. The summed E-state index contributed by atoms with van der Waals surface area (Å²) in [6.07, 6.45) is 0. The molecule has 0 amide bonds. The number of hydrogen-bond acceptors (Lipinski definition) is 0. The van der Waals surface area contributed by atoms with Gasteiger partial charge in [0.25, 0.3) is 0 Å². The van der Waals surface area contributed by atoms with Crippen LogP contribution in [0, 0.1) is 75.5 Å². The van der Waals surface area contributed by atoms with Crippen molar-refractivity contribution in [2.75, 3.05) is 0 Å². The molecule has 0 heterocycles. The van der Waals surface area contributed by atoms with Crippen LogP contribution in [-0.4, -0.2) is 92.1 Å². The van der Waals surface area contributed by atoms with Gasteiger partial charge < -0.3 is 5.48 Å². The predicted octanol–water partition coefficient (Wildman–Crippen LogP) is -2.66. The van der Waals surface area contributed by atoms with Gasteiger partial charge in [-0.15, -0.1) is 0 Å². The summed E-state index contributed by atoms with van der Waals surface area (Å²) < 4.78 is 0. The molecule has 0 rings (SSSR count). The van der Waals surface area contributed by atoms with E-state index < -0.39 is 0 Å². The molecule has 0 aliphatic carbocycles. The van der Waals surface area contributed by atoms with Gasteiger partial charge in [0.1, 0.15) is 0 Å². The summed E-state index contributed by atoms with van der Waals surface area (Å²) in [5.74, 6) is 0. The molecule has 0 aromatic carbocycles. The average molecular weight is 559 g/mol. The molecule has 6 heavy (non-hydrogen) atoms. The summed E-state index contributed by atoms with van der Waals surface area (Å²) in [6.45, 7) is 0. The van der Waals surface area contributed by atoms with E-state index in [0.29, 0.717) is 0 Å². The zero-order valence-corrected chi connectivity index (χ0v) is 8.57. The molecule has 0 aromatic rings. The molecule has 6 heteroatoms. The smallest absolute Gasteiger partial charge is 0 e. The number of rotatable bonds is 0. The molecule has 0 fully saturated rings. The maximum Gasteiger partial charge on any atom is 0 e. The van der Waals surface area contributed by atoms with Crippen LogP contribution in [0.1, 0.15) is 0 Å².